The summed E-state index contributed by atoms with van der Waals surface area (Å²) in [6, 6.07) is 1.05. The molecule has 0 fully saturated rings. The van der Waals surface area contributed by atoms with Gasteiger partial charge in [-0.05, 0) is 26.8 Å². The molecule has 2 N–H and O–H groups in total. The zero-order chi connectivity index (χ0) is 18.5. The van der Waals surface area contributed by atoms with Crippen LogP contribution in [-0.2, 0) is 14.3 Å². The molecule has 1 rings (SSSR count). The van der Waals surface area contributed by atoms with Gasteiger partial charge in [0, 0.05) is 12.3 Å². The first-order valence-electron chi connectivity index (χ1n) is 6.71. The van der Waals surface area contributed by atoms with Crippen LogP contribution >= 0.6 is 0 Å². The lowest BCUT2D eigenvalue weighted by Gasteiger charge is -2.20. The number of nitrogens with zero attached hydrogens (tertiary/aromatic N) is 1. The van der Waals surface area contributed by atoms with E-state index in [1.54, 1.807) is 20.8 Å². The molecule has 0 radical (unpaired) electrons. The minimum atomic E-state index is -1.00. The summed E-state index contributed by atoms with van der Waals surface area (Å²) >= 11 is 0. The van der Waals surface area contributed by atoms with Gasteiger partial charge in [0.1, 0.15) is 16.9 Å². The van der Waals surface area contributed by atoms with Crippen LogP contribution in [-0.4, -0.2) is 34.7 Å². The number of rotatable bonds is 4. The molecule has 1 aromatic heterocycles. The molecule has 0 bridgehead atoms. The molecule has 1 heterocycles. The Morgan fingerprint density at radius 3 is 2.50 bits per heavy atom. The molecular weight excluding hydrogens is 322 g/mol. The fourth-order valence-electron chi connectivity index (χ4n) is 1.59. The van der Waals surface area contributed by atoms with Crippen molar-refractivity contribution < 1.29 is 24.0 Å². The predicted octanol–water partition coefficient (Wildman–Crippen LogP) is 1.32. The lowest BCUT2D eigenvalue weighted by atomic mass is 10.2. The van der Waals surface area contributed by atoms with Crippen molar-refractivity contribution >= 4 is 23.8 Å². The maximum atomic E-state index is 11.8. The highest BCUT2D eigenvalue weighted by Crippen LogP contribution is 2.16. The Morgan fingerprint density at radius 2 is 2.00 bits per heavy atom. The smallest absolute Gasteiger partial charge is 0.412 e. The van der Waals surface area contributed by atoms with Gasteiger partial charge in [0.2, 0.25) is 0 Å². The van der Waals surface area contributed by atoms with Gasteiger partial charge in [0.15, 0.2) is 0 Å². The molecule has 0 unspecified atom stereocenters. The van der Waals surface area contributed by atoms with E-state index >= 15 is 0 Å². The standard InChI is InChI=1S/C14H17N3O7/c1-14(2,3)24-13(20)16-9(12(19)23-4)7-8-10(17(21)22)5-6-15-11(8)18/h5-7H,1-4H3,(H,15,18)(H,16,20). The minimum Gasteiger partial charge on any atom is -0.464 e. The Kier molecular flexibility index (Phi) is 5.82. The number of carbonyl (C=O) groups excluding carboxylic acids is 2. The molecule has 0 aliphatic carbocycles. The summed E-state index contributed by atoms with van der Waals surface area (Å²) in [7, 11) is 1.05. The van der Waals surface area contributed by atoms with E-state index in [4.69, 9.17) is 4.74 Å². The summed E-state index contributed by atoms with van der Waals surface area (Å²) < 4.78 is 9.49. The molecule has 0 saturated carbocycles. The molecule has 0 aliphatic heterocycles. The lowest BCUT2D eigenvalue weighted by molar-refractivity contribution is -0.385. The van der Waals surface area contributed by atoms with Gasteiger partial charge < -0.3 is 14.5 Å². The van der Waals surface area contributed by atoms with Crippen LogP contribution in [0.25, 0.3) is 6.08 Å². The van der Waals surface area contributed by atoms with E-state index in [2.05, 4.69) is 15.0 Å². The van der Waals surface area contributed by atoms with Crippen molar-refractivity contribution in [3.05, 3.63) is 44.0 Å². The van der Waals surface area contributed by atoms with Crippen molar-refractivity contribution in [3.8, 4) is 0 Å². The summed E-state index contributed by atoms with van der Waals surface area (Å²) in [6.45, 7) is 4.84. The van der Waals surface area contributed by atoms with E-state index < -0.39 is 45.1 Å². The molecule has 0 saturated heterocycles. The highest BCUT2D eigenvalue weighted by atomic mass is 16.6. The Balaban J connectivity index is 3.30. The third kappa shape index (κ3) is 5.23. The number of aromatic nitrogens is 1. The number of hydrogen-bond acceptors (Lipinski definition) is 7. The predicted molar refractivity (Wildman–Crippen MR) is 83.1 cm³/mol. The highest BCUT2D eigenvalue weighted by Gasteiger charge is 2.22. The number of pyridine rings is 1. The molecule has 0 spiro atoms. The summed E-state index contributed by atoms with van der Waals surface area (Å²) in [5.41, 5.74) is -3.07. The number of alkyl carbamates (subject to hydrolysis) is 1. The fraction of sp³-hybridized carbons (Fsp3) is 0.357. The van der Waals surface area contributed by atoms with Crippen LogP contribution in [0.15, 0.2) is 22.8 Å². The van der Waals surface area contributed by atoms with Crippen molar-refractivity contribution in [3.63, 3.8) is 0 Å². The van der Waals surface area contributed by atoms with Crippen LogP contribution in [0.1, 0.15) is 26.3 Å². The van der Waals surface area contributed by atoms with E-state index in [0.29, 0.717) is 0 Å². The normalized spacial score (nSPS) is 11.6. The second kappa shape index (κ2) is 7.40. The van der Waals surface area contributed by atoms with Crippen molar-refractivity contribution in [1.29, 1.82) is 0 Å². The number of nitrogens with one attached hydrogen (secondary N) is 2. The monoisotopic (exact) mass is 339 g/mol. The molecule has 1 amide bonds. The number of amides is 1. The zero-order valence-corrected chi connectivity index (χ0v) is 13.5. The van der Waals surface area contributed by atoms with Gasteiger partial charge in [-0.3, -0.25) is 20.2 Å². The number of nitro groups is 1. The molecule has 0 atom stereocenters. The van der Waals surface area contributed by atoms with Gasteiger partial charge in [-0.15, -0.1) is 0 Å². The Morgan fingerprint density at radius 1 is 1.38 bits per heavy atom. The molecule has 24 heavy (non-hydrogen) atoms. The number of H-pyrrole nitrogens is 1. The van der Waals surface area contributed by atoms with Crippen molar-refractivity contribution in [2.24, 2.45) is 0 Å². The topological polar surface area (TPSA) is 141 Å². The van der Waals surface area contributed by atoms with Gasteiger partial charge in [-0.2, -0.15) is 0 Å². The zero-order valence-electron chi connectivity index (χ0n) is 13.5. The van der Waals surface area contributed by atoms with Crippen LogP contribution in [0.5, 0.6) is 0 Å². The molecule has 10 nitrogen and oxygen atoms in total. The van der Waals surface area contributed by atoms with Crippen molar-refractivity contribution in [2.75, 3.05) is 7.11 Å². The minimum absolute atomic E-state index is 0.418. The van der Waals surface area contributed by atoms with Crippen molar-refractivity contribution in [1.82, 2.24) is 10.3 Å². The molecular formula is C14H17N3O7. The van der Waals surface area contributed by atoms with Crippen LogP contribution < -0.4 is 10.9 Å². The van der Waals surface area contributed by atoms with E-state index in [9.17, 15) is 24.5 Å². The van der Waals surface area contributed by atoms with Gasteiger partial charge >= 0.3 is 12.1 Å². The van der Waals surface area contributed by atoms with E-state index in [0.717, 1.165) is 25.4 Å². The Labute approximate surface area is 136 Å². The first-order valence-corrected chi connectivity index (χ1v) is 6.71. The van der Waals surface area contributed by atoms with Crippen LogP contribution in [0.2, 0.25) is 0 Å². The SMILES string of the molecule is COC(=O)C(=Cc1c([N+](=O)[O-])cc[nH]c1=O)NC(=O)OC(C)(C)C. The second-order valence-corrected chi connectivity index (χ2v) is 5.54. The number of ether oxygens (including phenoxy) is 2. The van der Waals surface area contributed by atoms with Crippen LogP contribution in [0, 0.1) is 10.1 Å². The maximum absolute atomic E-state index is 11.8. The molecule has 10 heteroatoms. The number of aromatic amines is 1. The van der Waals surface area contributed by atoms with Crippen molar-refractivity contribution in [2.45, 2.75) is 26.4 Å². The number of esters is 1. The third-order valence-corrected chi connectivity index (χ3v) is 2.50. The summed E-state index contributed by atoms with van der Waals surface area (Å²) in [5, 5.41) is 13.1. The average molecular weight is 339 g/mol. The van der Waals surface area contributed by atoms with Gasteiger partial charge in [-0.25, -0.2) is 9.59 Å². The Hall–Kier alpha value is -3.17. The molecule has 1 aromatic rings. The number of carbonyl (C=O) groups is 2. The largest absolute Gasteiger partial charge is 0.464 e. The van der Waals surface area contributed by atoms with Gasteiger partial charge in [0.05, 0.1) is 12.0 Å². The third-order valence-electron chi connectivity index (χ3n) is 2.50. The molecule has 0 aliphatic rings. The maximum Gasteiger partial charge on any atom is 0.412 e. The van der Waals surface area contributed by atoms with E-state index in [1.807, 2.05) is 0 Å². The van der Waals surface area contributed by atoms with Gasteiger partial charge in [-0.1, -0.05) is 0 Å². The fourth-order valence-corrected chi connectivity index (χ4v) is 1.59. The van der Waals surface area contributed by atoms with E-state index in [1.165, 1.54) is 0 Å². The quantitative estimate of drug-likeness (QED) is 0.365. The first-order chi connectivity index (χ1) is 11.0. The summed E-state index contributed by atoms with van der Waals surface area (Å²) in [5.74, 6) is -1.00. The van der Waals surface area contributed by atoms with Crippen LogP contribution in [0.3, 0.4) is 0 Å². The summed E-state index contributed by atoms with van der Waals surface area (Å²) in [6.07, 6.45) is 0.970. The van der Waals surface area contributed by atoms with Gasteiger partial charge in [0.25, 0.3) is 11.2 Å². The Bertz CT molecular complexity index is 743. The molecule has 0 aromatic carbocycles. The van der Waals surface area contributed by atoms with E-state index in [-0.39, 0.29) is 0 Å². The number of methoxy groups -OCH3 is 1. The second-order valence-electron chi connectivity index (χ2n) is 5.54. The first kappa shape index (κ1) is 18.9. The highest BCUT2D eigenvalue weighted by molar-refractivity contribution is 5.97. The lowest BCUT2D eigenvalue weighted by Crippen LogP contribution is -2.34. The van der Waals surface area contributed by atoms with Crippen LogP contribution in [0.4, 0.5) is 10.5 Å². The average Bonchev–Trinajstić information content (AvgIpc) is 2.45. The summed E-state index contributed by atoms with van der Waals surface area (Å²) in [4.78, 5) is 47.8. The number of hydrogen-bond donors (Lipinski definition) is 2. The molecule has 130 valence electrons.